The van der Waals surface area contributed by atoms with Crippen LogP contribution in [0, 0.1) is 12.8 Å². The fraction of sp³-hybridized carbons (Fsp3) is 0.478. The van der Waals surface area contributed by atoms with Crippen LogP contribution in [0.25, 0.3) is 0 Å². The van der Waals surface area contributed by atoms with Gasteiger partial charge in [-0.05, 0) is 76.1 Å². The molecular weight excluding hydrogens is 306 g/mol. The van der Waals surface area contributed by atoms with Crippen LogP contribution in [0.1, 0.15) is 55.8 Å². The third-order valence-corrected chi connectivity index (χ3v) is 5.11. The van der Waals surface area contributed by atoms with Gasteiger partial charge in [0.1, 0.15) is 5.75 Å². The molecule has 0 aliphatic carbocycles. The summed E-state index contributed by atoms with van der Waals surface area (Å²) >= 11 is 0. The quantitative estimate of drug-likeness (QED) is 0.756. The number of ether oxygens (including phenoxy) is 1. The second-order valence-corrected chi connectivity index (χ2v) is 7.56. The summed E-state index contributed by atoms with van der Waals surface area (Å²) in [5, 5.41) is 3.75. The van der Waals surface area contributed by atoms with Crippen molar-refractivity contribution in [3.05, 3.63) is 65.2 Å². The van der Waals surface area contributed by atoms with Crippen molar-refractivity contribution in [1.29, 1.82) is 0 Å². The molecule has 1 aliphatic rings. The summed E-state index contributed by atoms with van der Waals surface area (Å²) in [6.45, 7) is 7.49. The normalized spacial score (nSPS) is 20.6. The smallest absolute Gasteiger partial charge is 0.122 e. The summed E-state index contributed by atoms with van der Waals surface area (Å²) in [6.07, 6.45) is 5.08. The van der Waals surface area contributed by atoms with Gasteiger partial charge in [-0.3, -0.25) is 0 Å². The van der Waals surface area contributed by atoms with Gasteiger partial charge in [0, 0.05) is 6.04 Å². The molecule has 25 heavy (non-hydrogen) atoms. The van der Waals surface area contributed by atoms with Gasteiger partial charge in [-0.15, -0.1) is 0 Å². The van der Waals surface area contributed by atoms with Crippen LogP contribution in [0.3, 0.4) is 0 Å². The minimum Gasteiger partial charge on any atom is -0.491 e. The lowest BCUT2D eigenvalue weighted by Gasteiger charge is -2.33. The molecule has 0 spiro atoms. The highest BCUT2D eigenvalue weighted by molar-refractivity contribution is 5.37. The van der Waals surface area contributed by atoms with Gasteiger partial charge in [0.05, 0.1) is 6.10 Å². The van der Waals surface area contributed by atoms with Crippen LogP contribution in [-0.2, 0) is 6.42 Å². The number of hydrogen-bond donors (Lipinski definition) is 1. The van der Waals surface area contributed by atoms with Crippen molar-refractivity contribution < 1.29 is 4.74 Å². The Bertz CT molecular complexity index is 665. The summed E-state index contributed by atoms with van der Waals surface area (Å²) in [6, 6.07) is 18.0. The standard InChI is InChI=1S/C23H31NO/c1-17(2)25-22-14-11-18(3)16-21(22)13-12-20-10-7-15-24-23(20)19-8-5-4-6-9-19/h4-6,8-9,11,14,16-17,20,23-24H,7,10,12-13,15H2,1-3H3/t20-,23+/m1/s1. The van der Waals surface area contributed by atoms with Crippen LogP contribution in [-0.4, -0.2) is 12.6 Å². The van der Waals surface area contributed by atoms with E-state index in [1.54, 1.807) is 0 Å². The molecule has 1 aliphatic heterocycles. The largest absolute Gasteiger partial charge is 0.491 e. The monoisotopic (exact) mass is 337 g/mol. The molecular formula is C23H31NO. The van der Waals surface area contributed by atoms with E-state index in [9.17, 15) is 0 Å². The molecule has 2 nitrogen and oxygen atoms in total. The Labute approximate surface area is 152 Å². The van der Waals surface area contributed by atoms with Crippen molar-refractivity contribution in [3.8, 4) is 5.75 Å². The van der Waals surface area contributed by atoms with E-state index in [4.69, 9.17) is 4.74 Å². The summed E-state index contributed by atoms with van der Waals surface area (Å²) in [5.74, 6) is 1.74. The molecule has 2 aromatic carbocycles. The average Bonchev–Trinajstić information content (AvgIpc) is 2.62. The third kappa shape index (κ3) is 4.85. The van der Waals surface area contributed by atoms with Gasteiger partial charge >= 0.3 is 0 Å². The average molecular weight is 338 g/mol. The minimum absolute atomic E-state index is 0.217. The number of aryl methyl sites for hydroxylation is 2. The summed E-state index contributed by atoms with van der Waals surface area (Å²) < 4.78 is 6.04. The molecule has 2 aromatic rings. The number of rotatable bonds is 6. The fourth-order valence-corrected chi connectivity index (χ4v) is 3.93. The third-order valence-electron chi connectivity index (χ3n) is 5.11. The van der Waals surface area contributed by atoms with Gasteiger partial charge in [-0.1, -0.05) is 48.0 Å². The Kier molecular flexibility index (Phi) is 6.14. The first-order valence-corrected chi connectivity index (χ1v) is 9.68. The van der Waals surface area contributed by atoms with Crippen molar-refractivity contribution in [2.24, 2.45) is 5.92 Å². The Morgan fingerprint density at radius 3 is 2.68 bits per heavy atom. The summed E-state index contributed by atoms with van der Waals surface area (Å²) in [7, 11) is 0. The maximum Gasteiger partial charge on any atom is 0.122 e. The predicted molar refractivity (Wildman–Crippen MR) is 105 cm³/mol. The van der Waals surface area contributed by atoms with Crippen molar-refractivity contribution in [2.75, 3.05) is 6.54 Å². The molecule has 134 valence electrons. The molecule has 0 aromatic heterocycles. The number of piperidine rings is 1. The lowest BCUT2D eigenvalue weighted by atomic mass is 9.82. The van der Waals surface area contributed by atoms with E-state index >= 15 is 0 Å². The van der Waals surface area contributed by atoms with E-state index < -0.39 is 0 Å². The molecule has 0 saturated carbocycles. The van der Waals surface area contributed by atoms with Gasteiger partial charge in [-0.2, -0.15) is 0 Å². The summed E-state index contributed by atoms with van der Waals surface area (Å²) in [4.78, 5) is 0. The first kappa shape index (κ1) is 18.0. The van der Waals surface area contributed by atoms with Gasteiger partial charge in [0.15, 0.2) is 0 Å². The van der Waals surface area contributed by atoms with Gasteiger partial charge < -0.3 is 10.1 Å². The van der Waals surface area contributed by atoms with Crippen LogP contribution in [0.15, 0.2) is 48.5 Å². The Hall–Kier alpha value is -1.80. The molecule has 1 N–H and O–H groups in total. The van der Waals surface area contributed by atoms with Crippen LogP contribution in [0.4, 0.5) is 0 Å². The van der Waals surface area contributed by atoms with E-state index in [2.05, 4.69) is 74.6 Å². The topological polar surface area (TPSA) is 21.3 Å². The second kappa shape index (κ2) is 8.53. The van der Waals surface area contributed by atoms with E-state index in [1.807, 2.05) is 0 Å². The molecule has 0 bridgehead atoms. The maximum absolute atomic E-state index is 6.04. The molecule has 0 amide bonds. The zero-order chi connectivity index (χ0) is 17.6. The molecule has 2 atom stereocenters. The number of hydrogen-bond acceptors (Lipinski definition) is 2. The highest BCUT2D eigenvalue weighted by Gasteiger charge is 2.26. The van der Waals surface area contributed by atoms with Gasteiger partial charge in [0.25, 0.3) is 0 Å². The Balaban J connectivity index is 1.72. The van der Waals surface area contributed by atoms with Crippen LogP contribution in [0.2, 0.25) is 0 Å². The van der Waals surface area contributed by atoms with Crippen molar-refractivity contribution in [2.45, 2.75) is 58.6 Å². The Morgan fingerprint density at radius 1 is 1.12 bits per heavy atom. The minimum atomic E-state index is 0.217. The first-order valence-electron chi connectivity index (χ1n) is 9.68. The summed E-state index contributed by atoms with van der Waals surface area (Å²) in [5.41, 5.74) is 4.09. The lowest BCUT2D eigenvalue weighted by Crippen LogP contribution is -2.34. The van der Waals surface area contributed by atoms with E-state index in [-0.39, 0.29) is 6.10 Å². The van der Waals surface area contributed by atoms with E-state index in [0.29, 0.717) is 12.0 Å². The Morgan fingerprint density at radius 2 is 1.92 bits per heavy atom. The van der Waals surface area contributed by atoms with E-state index in [1.165, 1.54) is 36.0 Å². The SMILES string of the molecule is Cc1ccc(OC(C)C)c(CC[C@H]2CCCN[C@H]2c2ccccc2)c1. The van der Waals surface area contributed by atoms with Crippen molar-refractivity contribution >= 4 is 0 Å². The molecule has 0 unspecified atom stereocenters. The predicted octanol–water partition coefficient (Wildman–Crippen LogP) is 5.46. The molecule has 0 radical (unpaired) electrons. The lowest BCUT2D eigenvalue weighted by molar-refractivity contribution is 0.237. The van der Waals surface area contributed by atoms with E-state index in [0.717, 1.165) is 18.7 Å². The molecule has 1 saturated heterocycles. The highest BCUT2D eigenvalue weighted by Crippen LogP contribution is 2.34. The van der Waals surface area contributed by atoms with Crippen molar-refractivity contribution in [1.82, 2.24) is 5.32 Å². The number of benzene rings is 2. The molecule has 3 rings (SSSR count). The van der Waals surface area contributed by atoms with Crippen molar-refractivity contribution in [3.63, 3.8) is 0 Å². The van der Waals surface area contributed by atoms with Gasteiger partial charge in [0.2, 0.25) is 0 Å². The highest BCUT2D eigenvalue weighted by atomic mass is 16.5. The van der Waals surface area contributed by atoms with Crippen LogP contribution in [0.5, 0.6) is 5.75 Å². The zero-order valence-electron chi connectivity index (χ0n) is 15.8. The number of nitrogens with one attached hydrogen (secondary N) is 1. The maximum atomic E-state index is 6.04. The first-order chi connectivity index (χ1) is 12.1. The molecule has 2 heteroatoms. The van der Waals surface area contributed by atoms with Gasteiger partial charge in [-0.25, -0.2) is 0 Å². The molecule has 1 heterocycles. The van der Waals surface area contributed by atoms with Crippen LogP contribution >= 0.6 is 0 Å². The zero-order valence-corrected chi connectivity index (χ0v) is 15.8. The molecule has 1 fully saturated rings. The van der Waals surface area contributed by atoms with Crippen LogP contribution < -0.4 is 10.1 Å². The second-order valence-electron chi connectivity index (χ2n) is 7.56. The fourth-order valence-electron chi connectivity index (χ4n) is 3.93.